The van der Waals surface area contributed by atoms with E-state index < -0.39 is 16.6 Å². The monoisotopic (exact) mass is 452 g/mol. The fourth-order valence-electron chi connectivity index (χ4n) is 2.98. The number of anilines is 3. The van der Waals surface area contributed by atoms with E-state index in [0.717, 1.165) is 11.6 Å². The van der Waals surface area contributed by atoms with Crippen molar-refractivity contribution in [2.24, 2.45) is 0 Å². The van der Waals surface area contributed by atoms with Crippen molar-refractivity contribution in [2.45, 2.75) is 6.42 Å². The number of benzene rings is 3. The summed E-state index contributed by atoms with van der Waals surface area (Å²) in [6, 6.07) is 17.0. The lowest BCUT2D eigenvalue weighted by atomic mass is 10.1. The number of nitrogens with one attached hydrogen (secondary N) is 3. The third kappa shape index (κ3) is 6.50. The number of methoxy groups -OCH3 is 1. The zero-order chi connectivity index (χ0) is 23.8. The maximum Gasteiger partial charge on any atom is 0.296 e. The van der Waals surface area contributed by atoms with E-state index in [0.29, 0.717) is 5.69 Å². The van der Waals surface area contributed by atoms with Crippen molar-refractivity contribution in [1.82, 2.24) is 0 Å². The molecule has 0 aromatic heterocycles. The maximum absolute atomic E-state index is 14.1. The first-order valence-corrected chi connectivity index (χ1v) is 9.85. The molecule has 33 heavy (non-hydrogen) atoms. The van der Waals surface area contributed by atoms with Gasteiger partial charge in [0.05, 0.1) is 36.8 Å². The molecule has 3 N–H and O–H groups in total. The number of hydrogen-bond acceptors (Lipinski definition) is 6. The van der Waals surface area contributed by atoms with Crippen LogP contribution < -0.4 is 20.7 Å². The molecular formula is C23H21FN4O5. The lowest BCUT2D eigenvalue weighted by molar-refractivity contribution is -0.384. The second-order valence-corrected chi connectivity index (χ2v) is 6.95. The molecule has 10 heteroatoms. The Hall–Kier alpha value is -4.47. The lowest BCUT2D eigenvalue weighted by Gasteiger charge is -2.11. The topological polar surface area (TPSA) is 123 Å². The van der Waals surface area contributed by atoms with Crippen LogP contribution >= 0.6 is 0 Å². The number of rotatable bonds is 9. The first kappa shape index (κ1) is 23.2. The summed E-state index contributed by atoms with van der Waals surface area (Å²) < 4.78 is 19.1. The van der Waals surface area contributed by atoms with E-state index in [1.54, 1.807) is 24.3 Å². The van der Waals surface area contributed by atoms with E-state index in [9.17, 15) is 24.1 Å². The number of nitrogens with zero attached hydrogens (tertiary/aromatic N) is 1. The summed E-state index contributed by atoms with van der Waals surface area (Å²) in [6.45, 7) is -0.244. The Labute approximate surface area is 188 Å². The molecule has 0 aliphatic carbocycles. The SMILES string of the molecule is COc1ccc(NC(=O)CNc2ccc(F)c(NC(=O)Cc3ccccc3)c2)c([N+](=O)[O-])c1. The summed E-state index contributed by atoms with van der Waals surface area (Å²) in [5.74, 6) is -1.28. The minimum Gasteiger partial charge on any atom is -0.496 e. The van der Waals surface area contributed by atoms with E-state index in [1.165, 1.54) is 37.4 Å². The first-order chi connectivity index (χ1) is 15.9. The molecule has 0 unspecified atom stereocenters. The van der Waals surface area contributed by atoms with Gasteiger partial charge in [0.15, 0.2) is 0 Å². The third-order valence-electron chi connectivity index (χ3n) is 4.58. The molecular weight excluding hydrogens is 431 g/mol. The Morgan fingerprint density at radius 1 is 0.970 bits per heavy atom. The van der Waals surface area contributed by atoms with Gasteiger partial charge in [-0.3, -0.25) is 19.7 Å². The number of nitro groups is 1. The molecule has 3 aromatic rings. The van der Waals surface area contributed by atoms with Gasteiger partial charge in [0.2, 0.25) is 11.8 Å². The Kier molecular flexibility index (Phi) is 7.53. The van der Waals surface area contributed by atoms with Gasteiger partial charge in [0, 0.05) is 5.69 Å². The highest BCUT2D eigenvalue weighted by Gasteiger charge is 2.17. The molecule has 3 aromatic carbocycles. The number of amides is 2. The molecule has 2 amide bonds. The quantitative estimate of drug-likeness (QED) is 0.333. The fourth-order valence-corrected chi connectivity index (χ4v) is 2.98. The first-order valence-electron chi connectivity index (χ1n) is 9.85. The van der Waals surface area contributed by atoms with Crippen molar-refractivity contribution in [2.75, 3.05) is 29.6 Å². The molecule has 0 aliphatic rings. The highest BCUT2D eigenvalue weighted by Crippen LogP contribution is 2.29. The largest absolute Gasteiger partial charge is 0.496 e. The minimum atomic E-state index is -0.629. The van der Waals surface area contributed by atoms with Gasteiger partial charge in [-0.1, -0.05) is 30.3 Å². The molecule has 0 saturated carbocycles. The molecule has 0 spiro atoms. The Morgan fingerprint density at radius 2 is 1.70 bits per heavy atom. The molecule has 0 fully saturated rings. The van der Waals surface area contributed by atoms with Crippen molar-refractivity contribution in [3.63, 3.8) is 0 Å². The number of nitro benzene ring substituents is 1. The number of halogens is 1. The Bertz CT molecular complexity index is 1170. The van der Waals surface area contributed by atoms with Gasteiger partial charge in [-0.2, -0.15) is 0 Å². The molecule has 0 saturated heterocycles. The summed E-state index contributed by atoms with van der Waals surface area (Å²) >= 11 is 0. The predicted octanol–water partition coefficient (Wildman–Crippen LogP) is 3.97. The van der Waals surface area contributed by atoms with Crippen LogP contribution in [-0.4, -0.2) is 30.4 Å². The normalized spacial score (nSPS) is 10.2. The summed E-state index contributed by atoms with van der Waals surface area (Å²) in [5, 5.41) is 19.0. The van der Waals surface area contributed by atoms with Crippen LogP contribution in [0.15, 0.2) is 66.7 Å². The highest BCUT2D eigenvalue weighted by molar-refractivity contribution is 5.96. The van der Waals surface area contributed by atoms with E-state index in [-0.39, 0.29) is 41.7 Å². The molecule has 0 aliphatic heterocycles. The zero-order valence-corrected chi connectivity index (χ0v) is 17.6. The summed E-state index contributed by atoms with van der Waals surface area (Å²) in [6.07, 6.45) is 0.0843. The maximum atomic E-state index is 14.1. The Balaban J connectivity index is 1.61. The van der Waals surface area contributed by atoms with Crippen molar-refractivity contribution in [3.05, 3.63) is 88.2 Å². The highest BCUT2D eigenvalue weighted by atomic mass is 19.1. The zero-order valence-electron chi connectivity index (χ0n) is 17.6. The van der Waals surface area contributed by atoms with Gasteiger partial charge in [-0.15, -0.1) is 0 Å². The van der Waals surface area contributed by atoms with Crippen LogP contribution in [-0.2, 0) is 16.0 Å². The van der Waals surface area contributed by atoms with Crippen LogP contribution in [0.1, 0.15) is 5.56 Å². The summed E-state index contributed by atoms with van der Waals surface area (Å²) in [5.41, 5.74) is 0.834. The van der Waals surface area contributed by atoms with Crippen LogP contribution in [0.3, 0.4) is 0 Å². The van der Waals surface area contributed by atoms with Crippen LogP contribution in [0, 0.1) is 15.9 Å². The van der Waals surface area contributed by atoms with Crippen LogP contribution in [0.2, 0.25) is 0 Å². The van der Waals surface area contributed by atoms with Crippen LogP contribution in [0.5, 0.6) is 5.75 Å². The van der Waals surface area contributed by atoms with E-state index in [2.05, 4.69) is 16.0 Å². The number of carbonyl (C=O) groups is 2. The van der Waals surface area contributed by atoms with Gasteiger partial charge in [-0.25, -0.2) is 4.39 Å². The van der Waals surface area contributed by atoms with Crippen molar-refractivity contribution >= 4 is 34.6 Å². The standard InChI is InChI=1S/C23H21FN4O5/c1-33-17-8-10-19(21(13-17)28(31)32)26-23(30)14-25-16-7-9-18(24)20(12-16)27-22(29)11-15-5-3-2-4-6-15/h2-10,12-13,25H,11,14H2,1H3,(H,26,30)(H,27,29). The number of carbonyl (C=O) groups excluding carboxylic acids is 2. The average molecular weight is 452 g/mol. The van der Waals surface area contributed by atoms with E-state index >= 15 is 0 Å². The van der Waals surface area contributed by atoms with Gasteiger partial charge in [-0.05, 0) is 35.9 Å². The van der Waals surface area contributed by atoms with E-state index in [1.807, 2.05) is 6.07 Å². The smallest absolute Gasteiger partial charge is 0.296 e. The van der Waals surface area contributed by atoms with E-state index in [4.69, 9.17) is 4.74 Å². The molecule has 170 valence electrons. The van der Waals surface area contributed by atoms with Gasteiger partial charge in [0.25, 0.3) is 5.69 Å². The predicted molar refractivity (Wildman–Crippen MR) is 122 cm³/mol. The van der Waals surface area contributed by atoms with Crippen LogP contribution in [0.4, 0.5) is 27.1 Å². The van der Waals surface area contributed by atoms with Gasteiger partial charge >= 0.3 is 0 Å². The second-order valence-electron chi connectivity index (χ2n) is 6.95. The molecule has 0 radical (unpaired) electrons. The number of ether oxygens (including phenoxy) is 1. The van der Waals surface area contributed by atoms with Crippen molar-refractivity contribution in [1.29, 1.82) is 0 Å². The minimum absolute atomic E-state index is 0.0144. The number of hydrogen-bond donors (Lipinski definition) is 3. The molecule has 0 bridgehead atoms. The van der Waals surface area contributed by atoms with Crippen molar-refractivity contribution in [3.8, 4) is 5.75 Å². The Morgan fingerprint density at radius 3 is 2.39 bits per heavy atom. The van der Waals surface area contributed by atoms with Gasteiger partial charge in [0.1, 0.15) is 17.3 Å². The third-order valence-corrected chi connectivity index (χ3v) is 4.58. The molecule has 3 rings (SSSR count). The average Bonchev–Trinajstić information content (AvgIpc) is 2.80. The van der Waals surface area contributed by atoms with Gasteiger partial charge < -0.3 is 20.7 Å². The van der Waals surface area contributed by atoms with Crippen LogP contribution in [0.25, 0.3) is 0 Å². The van der Waals surface area contributed by atoms with Crippen molar-refractivity contribution < 1.29 is 23.6 Å². The molecule has 0 heterocycles. The molecule has 0 atom stereocenters. The second kappa shape index (κ2) is 10.7. The molecule has 9 nitrogen and oxygen atoms in total. The fraction of sp³-hybridized carbons (Fsp3) is 0.130. The summed E-state index contributed by atoms with van der Waals surface area (Å²) in [4.78, 5) is 35.1. The summed E-state index contributed by atoms with van der Waals surface area (Å²) in [7, 11) is 1.38. The lowest BCUT2D eigenvalue weighted by Crippen LogP contribution is -2.22.